The summed E-state index contributed by atoms with van der Waals surface area (Å²) < 4.78 is 25.6. The largest absolute Gasteiger partial charge is 0.343 e. The molecule has 1 aromatic carbocycles. The summed E-state index contributed by atoms with van der Waals surface area (Å²) in [6.07, 6.45) is 6.05. The Morgan fingerprint density at radius 3 is 2.57 bits per heavy atom. The molecule has 1 aromatic rings. The Hall–Kier alpha value is -1.93. The number of nitrogens with zero attached hydrogens (tertiary/aromatic N) is 2. The summed E-state index contributed by atoms with van der Waals surface area (Å²) in [6.45, 7) is 1.48. The first kappa shape index (κ1) is 20.8. The van der Waals surface area contributed by atoms with Crippen molar-refractivity contribution in [2.45, 2.75) is 37.0 Å². The van der Waals surface area contributed by atoms with E-state index in [1.807, 2.05) is 4.90 Å². The fraction of sp³-hybridized carbons (Fsp3) is 0.600. The van der Waals surface area contributed by atoms with E-state index in [9.17, 15) is 18.0 Å². The molecule has 8 heteroatoms. The molecule has 1 aliphatic heterocycles. The molecule has 1 N–H and O–H groups in total. The summed E-state index contributed by atoms with van der Waals surface area (Å²) in [6, 6.07) is 5.86. The number of amides is 2. The van der Waals surface area contributed by atoms with Gasteiger partial charge in [-0.3, -0.25) is 9.59 Å². The van der Waals surface area contributed by atoms with Crippen molar-refractivity contribution in [1.29, 1.82) is 0 Å². The number of rotatable bonds is 5. The number of carbonyl (C=O) groups excluding carboxylic acids is 2. The molecule has 0 radical (unpaired) electrons. The molecule has 3 rings (SSSR count). The van der Waals surface area contributed by atoms with Gasteiger partial charge in [-0.05, 0) is 42.9 Å². The van der Waals surface area contributed by atoms with Crippen LogP contribution < -0.4 is 5.32 Å². The second kappa shape index (κ2) is 8.61. The first-order valence-electron chi connectivity index (χ1n) is 9.87. The molecule has 0 bridgehead atoms. The molecule has 2 aliphatic rings. The maximum absolute atomic E-state index is 12.5. The van der Waals surface area contributed by atoms with Crippen molar-refractivity contribution < 1.29 is 18.0 Å². The van der Waals surface area contributed by atoms with E-state index in [1.165, 1.54) is 58.0 Å². The number of sulfonamides is 1. The third-order valence-corrected chi connectivity index (χ3v) is 7.73. The standard InChI is InChI=1S/C20H29N3O4S/c1-22(2)28(26,27)18-9-5-8-16(12-18)20(25)21-13-19(24)23-11-10-15-6-3-4-7-17(15)14-23/h5,8-9,12,15,17H,3-4,6-7,10-11,13-14H2,1-2H3,(H,21,25)/t15-,17-/m1/s1. The minimum atomic E-state index is -3.61. The van der Waals surface area contributed by atoms with Crippen LogP contribution in [0.5, 0.6) is 0 Å². The van der Waals surface area contributed by atoms with Crippen molar-refractivity contribution in [2.24, 2.45) is 11.8 Å². The van der Waals surface area contributed by atoms with Crippen molar-refractivity contribution >= 4 is 21.8 Å². The summed E-state index contributed by atoms with van der Waals surface area (Å²) >= 11 is 0. The van der Waals surface area contributed by atoms with Gasteiger partial charge in [0, 0.05) is 32.7 Å². The lowest BCUT2D eigenvalue weighted by Gasteiger charge is -2.41. The normalized spacial score (nSPS) is 22.6. The van der Waals surface area contributed by atoms with Crippen molar-refractivity contribution in [1.82, 2.24) is 14.5 Å². The van der Waals surface area contributed by atoms with Crippen molar-refractivity contribution in [3.05, 3.63) is 29.8 Å². The summed E-state index contributed by atoms with van der Waals surface area (Å²) in [4.78, 5) is 26.9. The van der Waals surface area contributed by atoms with Gasteiger partial charge in [0.15, 0.2) is 0 Å². The molecule has 0 spiro atoms. The average Bonchev–Trinajstić information content (AvgIpc) is 2.71. The number of fused-ring (bicyclic) bond motifs is 1. The van der Waals surface area contributed by atoms with E-state index in [1.54, 1.807) is 6.07 Å². The highest BCUT2D eigenvalue weighted by atomic mass is 32.2. The smallest absolute Gasteiger partial charge is 0.251 e. The van der Waals surface area contributed by atoms with E-state index in [-0.39, 0.29) is 22.9 Å². The van der Waals surface area contributed by atoms with Crippen molar-refractivity contribution in [2.75, 3.05) is 33.7 Å². The zero-order valence-electron chi connectivity index (χ0n) is 16.6. The Kier molecular flexibility index (Phi) is 6.40. The molecule has 7 nitrogen and oxygen atoms in total. The lowest BCUT2D eigenvalue weighted by Crippen LogP contribution is -2.48. The Labute approximate surface area is 167 Å². The highest BCUT2D eigenvalue weighted by molar-refractivity contribution is 7.89. The first-order valence-corrected chi connectivity index (χ1v) is 11.3. The monoisotopic (exact) mass is 407 g/mol. The van der Waals surface area contributed by atoms with E-state index in [2.05, 4.69) is 5.32 Å². The van der Waals surface area contributed by atoms with Crippen LogP contribution in [-0.2, 0) is 14.8 Å². The summed E-state index contributed by atoms with van der Waals surface area (Å²) in [5.74, 6) is 0.815. The van der Waals surface area contributed by atoms with Gasteiger partial charge in [0.2, 0.25) is 15.9 Å². The molecule has 28 heavy (non-hydrogen) atoms. The molecule has 2 atom stereocenters. The molecule has 1 saturated carbocycles. The summed E-state index contributed by atoms with van der Waals surface area (Å²) in [5.41, 5.74) is 0.224. The number of carbonyl (C=O) groups is 2. The zero-order valence-corrected chi connectivity index (χ0v) is 17.4. The highest BCUT2D eigenvalue weighted by Crippen LogP contribution is 2.35. The zero-order chi connectivity index (χ0) is 20.3. The summed E-state index contributed by atoms with van der Waals surface area (Å²) in [7, 11) is -0.733. The van der Waals surface area contributed by atoms with Gasteiger partial charge in [-0.1, -0.05) is 25.3 Å². The molecular weight excluding hydrogens is 378 g/mol. The Balaban J connectivity index is 1.57. The fourth-order valence-electron chi connectivity index (χ4n) is 4.21. The maximum Gasteiger partial charge on any atom is 0.251 e. The van der Waals surface area contributed by atoms with Crippen molar-refractivity contribution in [3.63, 3.8) is 0 Å². The Morgan fingerprint density at radius 1 is 1.14 bits per heavy atom. The summed E-state index contributed by atoms with van der Waals surface area (Å²) in [5, 5.41) is 2.64. The van der Waals surface area contributed by atoms with Gasteiger partial charge >= 0.3 is 0 Å². The molecule has 2 amide bonds. The predicted molar refractivity (Wildman–Crippen MR) is 106 cm³/mol. The van der Waals surface area contributed by atoms with Crippen LogP contribution in [-0.4, -0.2) is 63.2 Å². The molecule has 154 valence electrons. The first-order chi connectivity index (χ1) is 13.3. The second-order valence-corrected chi connectivity index (χ2v) is 10.1. The SMILES string of the molecule is CN(C)S(=O)(=O)c1cccc(C(=O)NCC(=O)N2CC[C@H]3CCCC[C@@H]3C2)c1. The Bertz CT molecular complexity index is 838. The molecule has 2 fully saturated rings. The van der Waals surface area contributed by atoms with Crippen LogP contribution >= 0.6 is 0 Å². The van der Waals surface area contributed by atoms with Crippen LogP contribution in [0.15, 0.2) is 29.2 Å². The van der Waals surface area contributed by atoms with Gasteiger partial charge in [-0.2, -0.15) is 0 Å². The van der Waals surface area contributed by atoms with E-state index < -0.39 is 15.9 Å². The van der Waals surface area contributed by atoms with Crippen LogP contribution in [0.3, 0.4) is 0 Å². The van der Waals surface area contributed by atoms with E-state index in [0.29, 0.717) is 5.92 Å². The molecule has 0 aromatic heterocycles. The second-order valence-electron chi connectivity index (χ2n) is 7.93. The quantitative estimate of drug-likeness (QED) is 0.805. The number of likely N-dealkylation sites (tertiary alicyclic amines) is 1. The lowest BCUT2D eigenvalue weighted by atomic mass is 9.75. The van der Waals surface area contributed by atoms with Gasteiger partial charge in [0.1, 0.15) is 0 Å². The number of hydrogen-bond acceptors (Lipinski definition) is 4. The lowest BCUT2D eigenvalue weighted by molar-refractivity contribution is -0.133. The number of piperidine rings is 1. The third kappa shape index (κ3) is 4.55. The maximum atomic E-state index is 12.5. The molecular formula is C20H29N3O4S. The van der Waals surface area contributed by atoms with Crippen LogP contribution in [0.25, 0.3) is 0 Å². The van der Waals surface area contributed by atoms with Crippen LogP contribution in [0.1, 0.15) is 42.5 Å². The van der Waals surface area contributed by atoms with Gasteiger partial charge in [0.25, 0.3) is 5.91 Å². The van der Waals surface area contributed by atoms with E-state index >= 15 is 0 Å². The van der Waals surface area contributed by atoms with Crippen molar-refractivity contribution in [3.8, 4) is 0 Å². The Morgan fingerprint density at radius 2 is 1.86 bits per heavy atom. The number of hydrogen-bond donors (Lipinski definition) is 1. The average molecular weight is 408 g/mol. The molecule has 1 heterocycles. The third-order valence-electron chi connectivity index (χ3n) is 5.92. The topological polar surface area (TPSA) is 86.8 Å². The van der Waals surface area contributed by atoms with E-state index in [4.69, 9.17) is 0 Å². The minimum Gasteiger partial charge on any atom is -0.343 e. The van der Waals surface area contributed by atoms with E-state index in [0.717, 1.165) is 29.7 Å². The van der Waals surface area contributed by atoms with Gasteiger partial charge < -0.3 is 10.2 Å². The molecule has 1 saturated heterocycles. The molecule has 0 unspecified atom stereocenters. The van der Waals surface area contributed by atoms with Crippen LogP contribution in [0, 0.1) is 11.8 Å². The van der Waals surface area contributed by atoms with Gasteiger partial charge in [0.05, 0.1) is 11.4 Å². The number of benzene rings is 1. The van der Waals surface area contributed by atoms with Crippen LogP contribution in [0.4, 0.5) is 0 Å². The van der Waals surface area contributed by atoms with Gasteiger partial charge in [-0.15, -0.1) is 0 Å². The highest BCUT2D eigenvalue weighted by Gasteiger charge is 2.32. The predicted octanol–water partition coefficient (Wildman–Crippen LogP) is 1.71. The fourth-order valence-corrected chi connectivity index (χ4v) is 5.15. The van der Waals surface area contributed by atoms with Gasteiger partial charge in [-0.25, -0.2) is 12.7 Å². The van der Waals surface area contributed by atoms with Crippen LogP contribution in [0.2, 0.25) is 0 Å². The number of nitrogens with one attached hydrogen (secondary N) is 1. The molecule has 1 aliphatic carbocycles. The minimum absolute atomic E-state index is 0.0517.